The van der Waals surface area contributed by atoms with Crippen molar-refractivity contribution in [3.8, 4) is 45.4 Å². The molecule has 4 saturated heterocycles. The first-order chi connectivity index (χ1) is 24.2. The lowest BCUT2D eigenvalue weighted by molar-refractivity contribution is 0.0311. The Bertz CT molecular complexity index is 1970. The molecule has 0 radical (unpaired) electrons. The molecule has 4 aliphatic rings. The van der Waals surface area contributed by atoms with E-state index in [1.165, 1.54) is 0 Å². The molecule has 6 heterocycles. The molecule has 260 valence electrons. The number of halogens is 2. The highest BCUT2D eigenvalue weighted by Gasteiger charge is 2.48. The zero-order valence-electron chi connectivity index (χ0n) is 27.7. The number of carbonyl (C=O) groups is 1. The van der Waals surface area contributed by atoms with Crippen molar-refractivity contribution in [3.63, 3.8) is 0 Å². The fourth-order valence-electron chi connectivity index (χ4n) is 7.69. The molecule has 1 unspecified atom stereocenters. The fourth-order valence-corrected chi connectivity index (χ4v) is 8.34. The van der Waals surface area contributed by atoms with Gasteiger partial charge in [0.25, 0.3) is 0 Å². The molecule has 14 heteroatoms. The molecule has 0 bridgehead atoms. The number of amides is 2. The summed E-state index contributed by atoms with van der Waals surface area (Å²) < 4.78 is 11.4. The van der Waals surface area contributed by atoms with Crippen LogP contribution in [0.4, 0.5) is 4.79 Å². The Morgan fingerprint density at radius 2 is 1.26 bits per heavy atom. The van der Waals surface area contributed by atoms with E-state index in [2.05, 4.69) is 31.1 Å². The lowest BCUT2D eigenvalue weighted by Gasteiger charge is -2.47. The largest absolute Gasteiger partial charge is 0.481 e. The number of hydrogen-bond acceptors (Lipinski definition) is 10. The van der Waals surface area contributed by atoms with Gasteiger partial charge < -0.3 is 25.2 Å². The van der Waals surface area contributed by atoms with Crippen LogP contribution in [-0.2, 0) is 13.1 Å². The van der Waals surface area contributed by atoms with Gasteiger partial charge in [-0.2, -0.15) is 0 Å². The average molecular weight is 718 g/mol. The van der Waals surface area contributed by atoms with Gasteiger partial charge in [0.15, 0.2) is 6.35 Å². The van der Waals surface area contributed by atoms with E-state index in [0.29, 0.717) is 52.8 Å². The summed E-state index contributed by atoms with van der Waals surface area (Å²) in [5.41, 5.74) is 6.09. The predicted molar refractivity (Wildman–Crippen MR) is 191 cm³/mol. The molecule has 2 aromatic heterocycles. The zero-order valence-corrected chi connectivity index (χ0v) is 29.2. The van der Waals surface area contributed by atoms with Crippen molar-refractivity contribution >= 4 is 29.2 Å². The second-order valence-corrected chi connectivity index (χ2v) is 14.4. The summed E-state index contributed by atoms with van der Waals surface area (Å²) in [4.78, 5) is 25.9. The van der Waals surface area contributed by atoms with Crippen LogP contribution in [0.25, 0.3) is 33.6 Å². The molecular formula is C36H38Cl2N8O4. The summed E-state index contributed by atoms with van der Waals surface area (Å²) in [5.74, 6) is 1.07. The minimum atomic E-state index is -0.658. The Morgan fingerprint density at radius 1 is 0.760 bits per heavy atom. The smallest absolute Gasteiger partial charge is 0.315 e. The van der Waals surface area contributed by atoms with Crippen molar-refractivity contribution in [2.24, 2.45) is 0 Å². The van der Waals surface area contributed by atoms with Crippen molar-refractivity contribution in [2.45, 2.75) is 30.5 Å². The number of nitrogens with one attached hydrogen (secondary N) is 4. The van der Waals surface area contributed by atoms with Crippen molar-refractivity contribution in [1.82, 2.24) is 41.0 Å². The van der Waals surface area contributed by atoms with Gasteiger partial charge in [-0.15, -0.1) is 0 Å². The molecule has 4 aromatic rings. The number of nitrogens with zero attached hydrogens (tertiary/aromatic N) is 4. The number of benzene rings is 2. The maximum absolute atomic E-state index is 11.6. The van der Waals surface area contributed by atoms with Gasteiger partial charge in [-0.05, 0) is 12.1 Å². The maximum Gasteiger partial charge on any atom is 0.315 e. The number of aromatic nitrogens is 2. The predicted octanol–water partition coefficient (Wildman–Crippen LogP) is 3.69. The molecule has 2 spiro atoms. The summed E-state index contributed by atoms with van der Waals surface area (Å²) in [6, 6.07) is 19.5. The lowest BCUT2D eigenvalue weighted by atomic mass is 9.90. The van der Waals surface area contributed by atoms with Gasteiger partial charge in [0.2, 0.25) is 11.8 Å². The van der Waals surface area contributed by atoms with E-state index in [1.54, 1.807) is 14.2 Å². The second kappa shape index (κ2) is 13.0. The first-order valence-corrected chi connectivity index (χ1v) is 17.3. The molecule has 1 atom stereocenters. The summed E-state index contributed by atoms with van der Waals surface area (Å²) in [6.07, 6.45) is -0.658. The number of likely N-dealkylation sites (tertiary alicyclic amines) is 2. The molecule has 0 saturated carbocycles. The van der Waals surface area contributed by atoms with Crippen LogP contribution >= 0.6 is 23.2 Å². The highest BCUT2D eigenvalue weighted by atomic mass is 35.5. The maximum atomic E-state index is 11.6. The number of aliphatic hydroxyl groups excluding tert-OH is 1. The van der Waals surface area contributed by atoms with E-state index in [-0.39, 0.29) is 17.1 Å². The van der Waals surface area contributed by atoms with E-state index in [4.69, 9.17) is 42.6 Å². The quantitative estimate of drug-likeness (QED) is 0.175. The van der Waals surface area contributed by atoms with Crippen LogP contribution < -0.4 is 30.7 Å². The van der Waals surface area contributed by atoms with Crippen LogP contribution in [0.2, 0.25) is 10.0 Å². The number of aliphatic hydroxyl groups is 1. The van der Waals surface area contributed by atoms with Gasteiger partial charge in [0, 0.05) is 85.7 Å². The molecule has 2 aromatic carbocycles. The summed E-state index contributed by atoms with van der Waals surface area (Å²) >= 11 is 14.2. The van der Waals surface area contributed by atoms with Gasteiger partial charge >= 0.3 is 6.03 Å². The number of ether oxygens (including phenoxy) is 2. The summed E-state index contributed by atoms with van der Waals surface area (Å²) in [7, 11) is 3.24. The molecule has 4 fully saturated rings. The third kappa shape index (κ3) is 6.04. The van der Waals surface area contributed by atoms with Gasteiger partial charge in [0.1, 0.15) is 0 Å². The highest BCUT2D eigenvalue weighted by molar-refractivity contribution is 6.39. The Morgan fingerprint density at radius 3 is 1.70 bits per heavy atom. The number of methoxy groups -OCH3 is 2. The first-order valence-electron chi connectivity index (χ1n) is 16.5. The lowest BCUT2D eigenvalue weighted by Crippen LogP contribution is -2.68. The molecule has 0 aliphatic carbocycles. The third-order valence-electron chi connectivity index (χ3n) is 10.0. The summed E-state index contributed by atoms with van der Waals surface area (Å²) in [5, 5.41) is 23.0. The second-order valence-electron chi connectivity index (χ2n) is 13.7. The highest BCUT2D eigenvalue weighted by Crippen LogP contribution is 2.43. The van der Waals surface area contributed by atoms with Gasteiger partial charge in [0.05, 0.1) is 46.7 Å². The average Bonchev–Trinajstić information content (AvgIpc) is 3.68. The van der Waals surface area contributed by atoms with Crippen molar-refractivity contribution < 1.29 is 19.4 Å². The minimum absolute atomic E-state index is 0.0918. The van der Waals surface area contributed by atoms with Crippen molar-refractivity contribution in [2.75, 3.05) is 53.5 Å². The molecule has 5 N–H and O–H groups in total. The van der Waals surface area contributed by atoms with Crippen LogP contribution in [0.5, 0.6) is 11.8 Å². The van der Waals surface area contributed by atoms with Gasteiger partial charge in [-0.3, -0.25) is 20.4 Å². The number of carbonyl (C=O) groups excluding carboxylic acids is 1. The van der Waals surface area contributed by atoms with E-state index < -0.39 is 6.35 Å². The van der Waals surface area contributed by atoms with E-state index >= 15 is 0 Å². The molecule has 12 nitrogen and oxygen atoms in total. The van der Waals surface area contributed by atoms with Crippen molar-refractivity contribution in [1.29, 1.82) is 0 Å². The van der Waals surface area contributed by atoms with Crippen LogP contribution in [0, 0.1) is 0 Å². The minimum Gasteiger partial charge on any atom is -0.481 e. The molecule has 8 rings (SSSR count). The summed E-state index contributed by atoms with van der Waals surface area (Å²) in [6.45, 7) is 5.88. The van der Waals surface area contributed by atoms with Crippen LogP contribution in [0.1, 0.15) is 11.1 Å². The third-order valence-corrected chi connectivity index (χ3v) is 10.9. The Labute approximate surface area is 300 Å². The SMILES string of the molecule is COc1nc(-c2cccc(-c3cccc(-c4ccc(CN5CC6(CNC(O)N6)C5)c(OC)n4)c3Cl)c2Cl)ccc1CN1CC2(CNC(=O)N2)C1. The Hall–Kier alpha value is -4.01. The van der Waals surface area contributed by atoms with Crippen molar-refractivity contribution in [3.05, 3.63) is 81.8 Å². The van der Waals surface area contributed by atoms with Gasteiger partial charge in [-0.1, -0.05) is 71.7 Å². The molecule has 2 amide bonds. The molecular weight excluding hydrogens is 679 g/mol. The Balaban J connectivity index is 1.01. The topological polar surface area (TPSA) is 136 Å². The van der Waals surface area contributed by atoms with Crippen LogP contribution in [0.15, 0.2) is 60.7 Å². The number of urea groups is 1. The number of rotatable bonds is 9. The molecule has 4 aliphatic heterocycles. The van der Waals surface area contributed by atoms with Crippen LogP contribution in [0.3, 0.4) is 0 Å². The molecule has 50 heavy (non-hydrogen) atoms. The van der Waals surface area contributed by atoms with E-state index in [1.807, 2.05) is 60.7 Å². The fraction of sp³-hybridized carbons (Fsp3) is 0.361. The standard InChI is InChI=1S/C36H38Cl2N8O4/c1-49-31-21(13-45-17-35(18-45)15-39-33(47)43-35)9-11-27(41-31)25-7-3-5-23(29(25)37)24-6-4-8-26(30(24)38)28-12-10-22(32(42-28)50-2)14-46-19-36(20-46)16-40-34(48)44-36/h3-12,33,39,43,47H,13-20H2,1-2H3,(H2,40,44,48). The normalized spacial score (nSPS) is 20.7. The van der Waals surface area contributed by atoms with Crippen LogP contribution in [-0.4, -0.2) is 102 Å². The number of pyridine rings is 2. The van der Waals surface area contributed by atoms with E-state index in [9.17, 15) is 9.90 Å². The number of hydrogen-bond donors (Lipinski definition) is 5. The monoisotopic (exact) mass is 716 g/mol. The zero-order chi connectivity index (χ0) is 34.6. The Kier molecular flexibility index (Phi) is 8.59. The first kappa shape index (κ1) is 33.2. The van der Waals surface area contributed by atoms with E-state index in [0.717, 1.165) is 66.1 Å². The van der Waals surface area contributed by atoms with Gasteiger partial charge in [-0.25, -0.2) is 14.8 Å².